The van der Waals surface area contributed by atoms with E-state index in [0.717, 1.165) is 19.3 Å². The summed E-state index contributed by atoms with van der Waals surface area (Å²) in [4.78, 5) is 24.7. The Hall–Kier alpha value is -1.10. The van der Waals surface area contributed by atoms with Crippen LogP contribution in [0.5, 0.6) is 0 Å². The van der Waals surface area contributed by atoms with Crippen molar-refractivity contribution in [2.75, 3.05) is 26.7 Å². The molecule has 3 N–H and O–H groups in total. The molecule has 0 aliphatic rings. The lowest BCUT2D eigenvalue weighted by atomic mass is 10.0. The standard InChI is InChI=1S/C13H27N3O2/c1-4-9-15-12(17)10-16(3)13(18)6-5-11(2)7-8-14/h11H,4-10,14H2,1-3H3,(H,15,17). The number of hydrogen-bond acceptors (Lipinski definition) is 3. The molecule has 18 heavy (non-hydrogen) atoms. The zero-order valence-electron chi connectivity index (χ0n) is 11.9. The third-order valence-electron chi connectivity index (χ3n) is 2.89. The van der Waals surface area contributed by atoms with E-state index < -0.39 is 0 Å². The number of likely N-dealkylation sites (N-methyl/N-ethyl adjacent to an activating group) is 1. The Bertz CT molecular complexity index is 257. The van der Waals surface area contributed by atoms with Crippen LogP contribution in [-0.4, -0.2) is 43.4 Å². The van der Waals surface area contributed by atoms with Gasteiger partial charge < -0.3 is 16.0 Å². The fourth-order valence-electron chi connectivity index (χ4n) is 1.61. The Morgan fingerprint density at radius 2 is 2.00 bits per heavy atom. The van der Waals surface area contributed by atoms with Crippen molar-refractivity contribution in [2.24, 2.45) is 11.7 Å². The summed E-state index contributed by atoms with van der Waals surface area (Å²) in [6.45, 7) is 5.55. The van der Waals surface area contributed by atoms with Crippen molar-refractivity contribution < 1.29 is 9.59 Å². The number of amides is 2. The van der Waals surface area contributed by atoms with E-state index in [4.69, 9.17) is 5.73 Å². The van der Waals surface area contributed by atoms with Crippen LogP contribution in [-0.2, 0) is 9.59 Å². The van der Waals surface area contributed by atoms with Crippen molar-refractivity contribution >= 4 is 11.8 Å². The van der Waals surface area contributed by atoms with Gasteiger partial charge in [0.25, 0.3) is 0 Å². The zero-order chi connectivity index (χ0) is 14.0. The first-order valence-corrected chi connectivity index (χ1v) is 6.72. The van der Waals surface area contributed by atoms with Gasteiger partial charge in [0, 0.05) is 20.0 Å². The largest absolute Gasteiger partial charge is 0.355 e. The Kier molecular flexibility index (Phi) is 9.28. The van der Waals surface area contributed by atoms with Crippen molar-refractivity contribution in [2.45, 2.75) is 39.5 Å². The summed E-state index contributed by atoms with van der Waals surface area (Å²) in [6, 6.07) is 0. The molecule has 0 spiro atoms. The Balaban J connectivity index is 3.85. The topological polar surface area (TPSA) is 75.4 Å². The summed E-state index contributed by atoms with van der Waals surface area (Å²) >= 11 is 0. The molecule has 0 aliphatic heterocycles. The molecule has 5 nitrogen and oxygen atoms in total. The van der Waals surface area contributed by atoms with Gasteiger partial charge in [-0.1, -0.05) is 13.8 Å². The van der Waals surface area contributed by atoms with E-state index in [2.05, 4.69) is 12.2 Å². The summed E-state index contributed by atoms with van der Waals surface area (Å²) in [5.41, 5.74) is 5.46. The van der Waals surface area contributed by atoms with Gasteiger partial charge in [0.2, 0.25) is 11.8 Å². The lowest BCUT2D eigenvalue weighted by molar-refractivity contribution is -0.134. The van der Waals surface area contributed by atoms with Crippen LogP contribution in [0.1, 0.15) is 39.5 Å². The second-order valence-corrected chi connectivity index (χ2v) is 4.82. The lowest BCUT2D eigenvalue weighted by Gasteiger charge is -2.18. The van der Waals surface area contributed by atoms with Crippen LogP contribution in [0.15, 0.2) is 0 Å². The summed E-state index contributed by atoms with van der Waals surface area (Å²) < 4.78 is 0. The fraction of sp³-hybridized carbons (Fsp3) is 0.846. The third-order valence-corrected chi connectivity index (χ3v) is 2.89. The maximum absolute atomic E-state index is 11.8. The van der Waals surface area contributed by atoms with Crippen LogP contribution in [0.4, 0.5) is 0 Å². The van der Waals surface area contributed by atoms with Gasteiger partial charge in [-0.2, -0.15) is 0 Å². The highest BCUT2D eigenvalue weighted by molar-refractivity contribution is 5.84. The highest BCUT2D eigenvalue weighted by atomic mass is 16.2. The number of nitrogens with one attached hydrogen (secondary N) is 1. The Labute approximate surface area is 110 Å². The highest BCUT2D eigenvalue weighted by Crippen LogP contribution is 2.10. The molecule has 0 bridgehead atoms. The van der Waals surface area contributed by atoms with Crippen LogP contribution < -0.4 is 11.1 Å². The van der Waals surface area contributed by atoms with Gasteiger partial charge in [-0.05, 0) is 31.7 Å². The molecule has 1 unspecified atom stereocenters. The zero-order valence-corrected chi connectivity index (χ0v) is 11.9. The molecule has 0 radical (unpaired) electrons. The monoisotopic (exact) mass is 257 g/mol. The van der Waals surface area contributed by atoms with Crippen LogP contribution in [0.25, 0.3) is 0 Å². The number of carbonyl (C=O) groups is 2. The van der Waals surface area contributed by atoms with Crippen molar-refractivity contribution in [3.05, 3.63) is 0 Å². The summed E-state index contributed by atoms with van der Waals surface area (Å²) in [5, 5.41) is 2.75. The Morgan fingerprint density at radius 3 is 2.56 bits per heavy atom. The molecule has 0 saturated carbocycles. The maximum Gasteiger partial charge on any atom is 0.239 e. The molecule has 5 heteroatoms. The molecule has 0 aromatic heterocycles. The van der Waals surface area contributed by atoms with Crippen LogP contribution in [0.2, 0.25) is 0 Å². The second kappa shape index (κ2) is 9.88. The number of carbonyl (C=O) groups excluding carboxylic acids is 2. The predicted molar refractivity (Wildman–Crippen MR) is 73.0 cm³/mol. The number of hydrogen-bond donors (Lipinski definition) is 2. The van der Waals surface area contributed by atoms with E-state index in [0.29, 0.717) is 25.4 Å². The molecule has 0 rings (SSSR count). The Morgan fingerprint density at radius 1 is 1.33 bits per heavy atom. The number of nitrogens with two attached hydrogens (primary N) is 1. The average molecular weight is 257 g/mol. The van der Waals surface area contributed by atoms with E-state index in [-0.39, 0.29) is 18.4 Å². The molecule has 0 heterocycles. The minimum absolute atomic E-state index is 0.0190. The van der Waals surface area contributed by atoms with Crippen LogP contribution in [0, 0.1) is 5.92 Å². The first-order valence-electron chi connectivity index (χ1n) is 6.72. The molecule has 0 aromatic rings. The fourth-order valence-corrected chi connectivity index (χ4v) is 1.61. The predicted octanol–water partition coefficient (Wildman–Crippen LogP) is 0.736. The smallest absolute Gasteiger partial charge is 0.239 e. The normalized spacial score (nSPS) is 12.0. The van der Waals surface area contributed by atoms with Gasteiger partial charge in [-0.25, -0.2) is 0 Å². The molecule has 0 fully saturated rings. The molecule has 1 atom stereocenters. The molecule has 2 amide bonds. The van der Waals surface area contributed by atoms with E-state index in [9.17, 15) is 9.59 Å². The summed E-state index contributed by atoms with van der Waals surface area (Å²) in [7, 11) is 1.67. The van der Waals surface area contributed by atoms with Crippen molar-refractivity contribution in [3.8, 4) is 0 Å². The van der Waals surface area contributed by atoms with Crippen molar-refractivity contribution in [1.82, 2.24) is 10.2 Å². The first kappa shape index (κ1) is 16.9. The molecule has 0 aromatic carbocycles. The molecular formula is C13H27N3O2. The van der Waals surface area contributed by atoms with Crippen molar-refractivity contribution in [3.63, 3.8) is 0 Å². The van der Waals surface area contributed by atoms with E-state index in [1.54, 1.807) is 7.05 Å². The van der Waals surface area contributed by atoms with Gasteiger partial charge in [0.15, 0.2) is 0 Å². The van der Waals surface area contributed by atoms with E-state index in [1.807, 2.05) is 6.92 Å². The van der Waals surface area contributed by atoms with Gasteiger partial charge in [0.05, 0.1) is 6.54 Å². The van der Waals surface area contributed by atoms with Gasteiger partial charge in [-0.3, -0.25) is 9.59 Å². The van der Waals surface area contributed by atoms with Gasteiger partial charge >= 0.3 is 0 Å². The minimum atomic E-state index is -0.0947. The maximum atomic E-state index is 11.8. The van der Waals surface area contributed by atoms with E-state index in [1.165, 1.54) is 4.90 Å². The molecule has 106 valence electrons. The summed E-state index contributed by atoms with van der Waals surface area (Å²) in [6.07, 6.45) is 3.16. The summed E-state index contributed by atoms with van der Waals surface area (Å²) in [5.74, 6) is 0.384. The SMILES string of the molecule is CCCNC(=O)CN(C)C(=O)CCC(C)CCN. The molecule has 0 saturated heterocycles. The third kappa shape index (κ3) is 8.06. The van der Waals surface area contributed by atoms with E-state index >= 15 is 0 Å². The average Bonchev–Trinajstić information content (AvgIpc) is 2.33. The number of rotatable bonds is 9. The highest BCUT2D eigenvalue weighted by Gasteiger charge is 2.13. The quantitative estimate of drug-likeness (QED) is 0.639. The number of nitrogens with zero attached hydrogens (tertiary/aromatic N) is 1. The minimum Gasteiger partial charge on any atom is -0.355 e. The van der Waals surface area contributed by atoms with Gasteiger partial charge in [0.1, 0.15) is 0 Å². The molecular weight excluding hydrogens is 230 g/mol. The lowest BCUT2D eigenvalue weighted by Crippen LogP contribution is -2.38. The van der Waals surface area contributed by atoms with Crippen LogP contribution >= 0.6 is 0 Å². The van der Waals surface area contributed by atoms with Crippen LogP contribution in [0.3, 0.4) is 0 Å². The molecule has 0 aliphatic carbocycles. The van der Waals surface area contributed by atoms with Crippen molar-refractivity contribution in [1.29, 1.82) is 0 Å². The first-order chi connectivity index (χ1) is 8.51. The second-order valence-electron chi connectivity index (χ2n) is 4.82. The van der Waals surface area contributed by atoms with Gasteiger partial charge in [-0.15, -0.1) is 0 Å².